The number of nitrogens with one attached hydrogen (secondary N) is 2. The van der Waals surface area contributed by atoms with Crippen molar-refractivity contribution in [3.05, 3.63) is 63.7 Å². The first-order valence-corrected chi connectivity index (χ1v) is 8.93. The number of nitro groups is 1. The number of benzene rings is 2. The highest BCUT2D eigenvalue weighted by molar-refractivity contribution is 5.98. The first-order valence-electron chi connectivity index (χ1n) is 8.93. The number of nitro benzene ring substituents is 1. The third-order valence-corrected chi connectivity index (χ3v) is 4.23. The molecule has 0 saturated carbocycles. The molecule has 2 aromatic carbocycles. The number of carbonyl (C=O) groups excluding carboxylic acids is 2. The molecule has 2 aromatic rings. The Morgan fingerprint density at radius 2 is 1.86 bits per heavy atom. The average Bonchev–Trinajstić information content (AvgIpc) is 2.73. The van der Waals surface area contributed by atoms with Crippen LogP contribution in [0.15, 0.2) is 42.5 Å². The van der Waals surface area contributed by atoms with Crippen LogP contribution in [0.3, 0.4) is 0 Å². The van der Waals surface area contributed by atoms with E-state index in [2.05, 4.69) is 10.6 Å². The summed E-state index contributed by atoms with van der Waals surface area (Å²) < 4.78 is 10.3. The van der Waals surface area contributed by atoms with Crippen LogP contribution >= 0.6 is 0 Å². The first kappa shape index (κ1) is 21.7. The Kier molecular flexibility index (Phi) is 7.53. The number of carbonyl (C=O) groups is 2. The van der Waals surface area contributed by atoms with E-state index in [0.29, 0.717) is 18.7 Å². The normalized spacial score (nSPS) is 11.3. The van der Waals surface area contributed by atoms with Crippen molar-refractivity contribution < 1.29 is 24.0 Å². The number of hydrogen-bond acceptors (Lipinski definition) is 7. The molecule has 0 aromatic heterocycles. The summed E-state index contributed by atoms with van der Waals surface area (Å²) in [6.45, 7) is 1.81. The van der Waals surface area contributed by atoms with Gasteiger partial charge in [-0.1, -0.05) is 12.1 Å². The van der Waals surface area contributed by atoms with E-state index in [-0.39, 0.29) is 11.3 Å². The van der Waals surface area contributed by atoms with Gasteiger partial charge in [-0.3, -0.25) is 14.9 Å². The molecule has 0 unspecified atom stereocenters. The number of anilines is 1. The summed E-state index contributed by atoms with van der Waals surface area (Å²) in [5.41, 5.74) is 1.13. The first-order chi connectivity index (χ1) is 13.8. The summed E-state index contributed by atoms with van der Waals surface area (Å²) in [5, 5.41) is 16.4. The van der Waals surface area contributed by atoms with Crippen LogP contribution in [0.1, 0.15) is 22.8 Å². The molecule has 29 heavy (non-hydrogen) atoms. The molecule has 0 radical (unpaired) electrons. The Bertz CT molecular complexity index is 882. The third-order valence-electron chi connectivity index (χ3n) is 4.23. The van der Waals surface area contributed by atoms with Crippen LogP contribution in [0.25, 0.3) is 0 Å². The smallest absolute Gasteiger partial charge is 0.341 e. The monoisotopic (exact) mass is 401 g/mol. The van der Waals surface area contributed by atoms with Crippen LogP contribution in [0.4, 0.5) is 11.4 Å². The van der Waals surface area contributed by atoms with E-state index in [1.807, 2.05) is 24.3 Å². The molecule has 0 heterocycles. The van der Waals surface area contributed by atoms with Crippen LogP contribution in [0.5, 0.6) is 5.75 Å². The number of nitrogens with zero attached hydrogens (tertiary/aromatic N) is 1. The summed E-state index contributed by atoms with van der Waals surface area (Å²) in [7, 11) is 3.17. The van der Waals surface area contributed by atoms with Crippen LogP contribution in [-0.2, 0) is 16.0 Å². The zero-order valence-electron chi connectivity index (χ0n) is 16.4. The molecule has 0 spiro atoms. The van der Waals surface area contributed by atoms with Gasteiger partial charge in [-0.15, -0.1) is 0 Å². The molecule has 2 rings (SSSR count). The lowest BCUT2D eigenvalue weighted by Gasteiger charge is -2.15. The second-order valence-electron chi connectivity index (χ2n) is 6.17. The number of esters is 1. The number of hydrogen-bond donors (Lipinski definition) is 2. The highest BCUT2D eigenvalue weighted by Gasteiger charge is 2.22. The predicted molar refractivity (Wildman–Crippen MR) is 107 cm³/mol. The lowest BCUT2D eigenvalue weighted by Crippen LogP contribution is -2.37. The van der Waals surface area contributed by atoms with Gasteiger partial charge in [-0.25, -0.2) is 4.79 Å². The van der Waals surface area contributed by atoms with Crippen molar-refractivity contribution in [2.24, 2.45) is 0 Å². The van der Waals surface area contributed by atoms with Gasteiger partial charge >= 0.3 is 5.97 Å². The van der Waals surface area contributed by atoms with Crippen molar-refractivity contribution in [3.8, 4) is 5.75 Å². The molecule has 0 fully saturated rings. The molecular weight excluding hydrogens is 378 g/mol. The largest absolute Gasteiger partial charge is 0.497 e. The van der Waals surface area contributed by atoms with Crippen molar-refractivity contribution in [1.29, 1.82) is 0 Å². The van der Waals surface area contributed by atoms with Gasteiger partial charge in [0.05, 0.1) is 17.6 Å². The van der Waals surface area contributed by atoms with Gasteiger partial charge in [0.2, 0.25) is 0 Å². The second-order valence-corrected chi connectivity index (χ2v) is 6.17. The predicted octanol–water partition coefficient (Wildman–Crippen LogP) is 2.55. The second kappa shape index (κ2) is 10.1. The van der Waals surface area contributed by atoms with Crippen molar-refractivity contribution in [2.75, 3.05) is 26.0 Å². The number of rotatable bonds is 9. The van der Waals surface area contributed by atoms with Crippen molar-refractivity contribution in [1.82, 2.24) is 5.32 Å². The average molecular weight is 401 g/mol. The minimum Gasteiger partial charge on any atom is -0.497 e. The summed E-state index contributed by atoms with van der Waals surface area (Å²) in [6, 6.07) is 11.3. The maximum atomic E-state index is 12.4. The van der Waals surface area contributed by atoms with Crippen molar-refractivity contribution in [3.63, 3.8) is 0 Å². The molecule has 9 nitrogen and oxygen atoms in total. The summed E-state index contributed by atoms with van der Waals surface area (Å²) >= 11 is 0. The van der Waals surface area contributed by atoms with E-state index in [4.69, 9.17) is 9.47 Å². The van der Waals surface area contributed by atoms with Gasteiger partial charge < -0.3 is 20.1 Å². The van der Waals surface area contributed by atoms with Crippen LogP contribution in [0.2, 0.25) is 0 Å². The lowest BCUT2D eigenvalue weighted by molar-refractivity contribution is -0.384. The number of ether oxygens (including phenoxy) is 2. The molecule has 1 amide bonds. The van der Waals surface area contributed by atoms with Crippen LogP contribution in [0, 0.1) is 10.1 Å². The molecule has 0 aliphatic heterocycles. The van der Waals surface area contributed by atoms with E-state index in [0.717, 1.165) is 17.4 Å². The molecule has 9 heteroatoms. The fraction of sp³-hybridized carbons (Fsp3) is 0.300. The zero-order valence-corrected chi connectivity index (χ0v) is 16.4. The Morgan fingerprint density at radius 1 is 1.17 bits per heavy atom. The Morgan fingerprint density at radius 3 is 2.45 bits per heavy atom. The number of methoxy groups -OCH3 is 1. The van der Waals surface area contributed by atoms with Crippen LogP contribution < -0.4 is 15.4 Å². The van der Waals surface area contributed by atoms with E-state index in [1.165, 1.54) is 19.1 Å². The maximum Gasteiger partial charge on any atom is 0.341 e. The molecule has 0 aliphatic carbocycles. The van der Waals surface area contributed by atoms with Gasteiger partial charge in [-0.2, -0.15) is 0 Å². The van der Waals surface area contributed by atoms with E-state index >= 15 is 0 Å². The van der Waals surface area contributed by atoms with E-state index < -0.39 is 22.9 Å². The van der Waals surface area contributed by atoms with Crippen molar-refractivity contribution in [2.45, 2.75) is 19.4 Å². The summed E-state index contributed by atoms with van der Waals surface area (Å²) in [6.07, 6.45) is -0.451. The van der Waals surface area contributed by atoms with E-state index in [9.17, 15) is 19.7 Å². The topological polar surface area (TPSA) is 120 Å². The molecule has 0 saturated heterocycles. The molecular formula is C20H23N3O6. The quantitative estimate of drug-likeness (QED) is 0.376. The highest BCUT2D eigenvalue weighted by Crippen LogP contribution is 2.23. The fourth-order valence-electron chi connectivity index (χ4n) is 2.58. The standard InChI is InChI=1S/C20H23N3O6/c1-13(19(24)22-11-10-14-4-7-16(28-3)8-5-14)29-20(25)17-12-15(23(26)27)6-9-18(17)21-2/h4-9,12-13,21H,10-11H2,1-3H3,(H,22,24)/t13-/m1/s1. The number of non-ortho nitro benzene ring substituents is 1. The summed E-state index contributed by atoms with van der Waals surface area (Å²) in [5.74, 6) is -0.528. The van der Waals surface area contributed by atoms with Gasteiger partial charge in [0.25, 0.3) is 11.6 Å². The highest BCUT2D eigenvalue weighted by atomic mass is 16.6. The third kappa shape index (κ3) is 5.93. The fourth-order valence-corrected chi connectivity index (χ4v) is 2.58. The van der Waals surface area contributed by atoms with Gasteiger partial charge in [-0.05, 0) is 37.1 Å². The Hall–Kier alpha value is -3.62. The molecule has 1 atom stereocenters. The van der Waals surface area contributed by atoms with Gasteiger partial charge in [0.15, 0.2) is 6.10 Å². The van der Waals surface area contributed by atoms with E-state index in [1.54, 1.807) is 14.2 Å². The molecule has 154 valence electrons. The lowest BCUT2D eigenvalue weighted by atomic mass is 10.1. The molecule has 0 bridgehead atoms. The van der Waals surface area contributed by atoms with Gasteiger partial charge in [0, 0.05) is 31.4 Å². The Labute approximate surface area is 168 Å². The summed E-state index contributed by atoms with van der Waals surface area (Å²) in [4.78, 5) is 34.9. The SMILES string of the molecule is CNc1ccc([N+](=O)[O-])cc1C(=O)O[C@H](C)C(=O)NCCc1ccc(OC)cc1. The minimum absolute atomic E-state index is 0.0143. The van der Waals surface area contributed by atoms with Gasteiger partial charge in [0.1, 0.15) is 5.75 Å². The molecule has 0 aliphatic rings. The minimum atomic E-state index is -1.05. The van der Waals surface area contributed by atoms with Crippen LogP contribution in [-0.4, -0.2) is 43.6 Å². The zero-order chi connectivity index (χ0) is 21.4. The number of amides is 1. The van der Waals surface area contributed by atoms with Crippen molar-refractivity contribution >= 4 is 23.3 Å². The Balaban J connectivity index is 1.92. The molecule has 2 N–H and O–H groups in total. The maximum absolute atomic E-state index is 12.4.